The Kier molecular flexibility index (Phi) is 6.78. The molecule has 26 heavy (non-hydrogen) atoms. The van der Waals surface area contributed by atoms with Crippen molar-refractivity contribution >= 4 is 17.7 Å². The van der Waals surface area contributed by atoms with E-state index in [1.54, 1.807) is 0 Å². The van der Waals surface area contributed by atoms with Gasteiger partial charge in [0.05, 0.1) is 13.2 Å². The SMILES string of the molecule is CN=C(NCC1(N2CCOCC2)CCSC1)N(C)Cc1ccc(F)cc1. The highest BCUT2D eigenvalue weighted by molar-refractivity contribution is 7.99. The summed E-state index contributed by atoms with van der Waals surface area (Å²) < 4.78 is 18.6. The van der Waals surface area contributed by atoms with Crippen LogP contribution in [0.25, 0.3) is 0 Å². The average Bonchev–Trinajstić information content (AvgIpc) is 3.15. The van der Waals surface area contributed by atoms with Gasteiger partial charge >= 0.3 is 0 Å². The quantitative estimate of drug-likeness (QED) is 0.625. The van der Waals surface area contributed by atoms with Gasteiger partial charge in [-0.05, 0) is 29.9 Å². The molecule has 2 fully saturated rings. The number of ether oxygens (including phenoxy) is 1. The number of aliphatic imine (C=N–C) groups is 1. The van der Waals surface area contributed by atoms with E-state index in [9.17, 15) is 4.39 Å². The van der Waals surface area contributed by atoms with Crippen molar-refractivity contribution < 1.29 is 9.13 Å². The molecule has 2 aliphatic rings. The summed E-state index contributed by atoms with van der Waals surface area (Å²) in [6, 6.07) is 6.65. The zero-order chi connectivity index (χ0) is 18.4. The molecule has 3 rings (SSSR count). The Morgan fingerprint density at radius 3 is 2.69 bits per heavy atom. The van der Waals surface area contributed by atoms with Crippen LogP contribution in [0.5, 0.6) is 0 Å². The minimum absolute atomic E-state index is 0.182. The first-order chi connectivity index (χ1) is 12.6. The van der Waals surface area contributed by atoms with Crippen LogP contribution in [-0.2, 0) is 11.3 Å². The summed E-state index contributed by atoms with van der Waals surface area (Å²) in [7, 11) is 3.83. The van der Waals surface area contributed by atoms with Crippen LogP contribution in [0.4, 0.5) is 4.39 Å². The summed E-state index contributed by atoms with van der Waals surface area (Å²) in [5.41, 5.74) is 1.25. The topological polar surface area (TPSA) is 40.1 Å². The van der Waals surface area contributed by atoms with E-state index in [2.05, 4.69) is 20.1 Å². The predicted octanol–water partition coefficient (Wildman–Crippen LogP) is 2.04. The predicted molar refractivity (Wildman–Crippen MR) is 106 cm³/mol. The first kappa shape index (κ1) is 19.5. The summed E-state index contributed by atoms with van der Waals surface area (Å²) in [4.78, 5) is 9.13. The third-order valence-electron chi connectivity index (χ3n) is 5.25. The Labute approximate surface area is 160 Å². The Morgan fingerprint density at radius 1 is 1.35 bits per heavy atom. The van der Waals surface area contributed by atoms with Crippen molar-refractivity contribution in [2.45, 2.75) is 18.5 Å². The van der Waals surface area contributed by atoms with Gasteiger partial charge in [-0.2, -0.15) is 11.8 Å². The van der Waals surface area contributed by atoms with E-state index in [0.717, 1.165) is 50.1 Å². The molecular formula is C19H29FN4OS. The highest BCUT2D eigenvalue weighted by atomic mass is 32.2. The number of halogens is 1. The fourth-order valence-electron chi connectivity index (χ4n) is 3.70. The molecule has 0 spiro atoms. The molecule has 0 radical (unpaired) electrons. The number of rotatable bonds is 5. The molecule has 144 valence electrons. The van der Waals surface area contributed by atoms with Gasteiger partial charge in [0.25, 0.3) is 0 Å². The number of thioether (sulfide) groups is 1. The first-order valence-corrected chi connectivity index (χ1v) is 10.4. The number of morpholine rings is 1. The van der Waals surface area contributed by atoms with E-state index < -0.39 is 0 Å². The maximum Gasteiger partial charge on any atom is 0.193 e. The molecule has 1 N–H and O–H groups in total. The van der Waals surface area contributed by atoms with Crippen molar-refractivity contribution in [2.75, 3.05) is 58.4 Å². The Morgan fingerprint density at radius 2 is 2.08 bits per heavy atom. The van der Waals surface area contributed by atoms with Gasteiger partial charge in [0, 0.05) is 51.6 Å². The standard InChI is InChI=1S/C19H29FN4OS/c1-21-18(23(2)13-16-3-5-17(20)6-4-16)22-14-19(7-12-26-15-19)24-8-10-25-11-9-24/h3-6H,7-15H2,1-2H3,(H,21,22). The van der Waals surface area contributed by atoms with Crippen LogP contribution >= 0.6 is 11.8 Å². The Bertz CT molecular complexity index is 598. The lowest BCUT2D eigenvalue weighted by molar-refractivity contribution is -0.0121. The van der Waals surface area contributed by atoms with Crippen molar-refractivity contribution in [3.05, 3.63) is 35.6 Å². The van der Waals surface area contributed by atoms with Crippen molar-refractivity contribution in [3.8, 4) is 0 Å². The van der Waals surface area contributed by atoms with Crippen LogP contribution in [0.15, 0.2) is 29.3 Å². The normalized spacial score (nSPS) is 24.7. The molecule has 7 heteroatoms. The maximum atomic E-state index is 13.1. The smallest absolute Gasteiger partial charge is 0.193 e. The van der Waals surface area contributed by atoms with Gasteiger partial charge in [0.1, 0.15) is 5.82 Å². The van der Waals surface area contributed by atoms with Crippen LogP contribution in [0, 0.1) is 5.82 Å². The molecule has 0 saturated carbocycles. The molecule has 1 atom stereocenters. The van der Waals surface area contributed by atoms with Gasteiger partial charge in [0.2, 0.25) is 0 Å². The second-order valence-electron chi connectivity index (χ2n) is 7.01. The summed E-state index contributed by atoms with van der Waals surface area (Å²) in [6.07, 6.45) is 1.20. The van der Waals surface area contributed by atoms with Gasteiger partial charge < -0.3 is 15.0 Å². The van der Waals surface area contributed by atoms with Crippen molar-refractivity contribution in [2.24, 2.45) is 4.99 Å². The minimum atomic E-state index is -0.204. The number of nitrogens with one attached hydrogen (secondary N) is 1. The molecule has 0 aromatic heterocycles. The van der Waals surface area contributed by atoms with E-state index in [-0.39, 0.29) is 11.4 Å². The number of nitrogens with zero attached hydrogens (tertiary/aromatic N) is 3. The fraction of sp³-hybridized carbons (Fsp3) is 0.632. The van der Waals surface area contributed by atoms with Gasteiger partial charge in [-0.1, -0.05) is 12.1 Å². The molecule has 1 aromatic carbocycles. The third-order valence-corrected chi connectivity index (χ3v) is 6.48. The lowest BCUT2D eigenvalue weighted by Gasteiger charge is -2.43. The molecule has 0 aliphatic carbocycles. The van der Waals surface area contributed by atoms with Crippen LogP contribution in [0.1, 0.15) is 12.0 Å². The molecule has 0 bridgehead atoms. The first-order valence-electron chi connectivity index (χ1n) is 9.20. The lowest BCUT2D eigenvalue weighted by atomic mass is 9.95. The van der Waals surface area contributed by atoms with E-state index >= 15 is 0 Å². The van der Waals surface area contributed by atoms with E-state index in [1.807, 2.05) is 38.0 Å². The Hall–Kier alpha value is -1.31. The van der Waals surface area contributed by atoms with Crippen LogP contribution < -0.4 is 5.32 Å². The largest absolute Gasteiger partial charge is 0.379 e. The molecular weight excluding hydrogens is 351 g/mol. The summed E-state index contributed by atoms with van der Waals surface area (Å²) in [6.45, 7) is 5.25. The molecule has 2 heterocycles. The van der Waals surface area contributed by atoms with Crippen molar-refractivity contribution in [3.63, 3.8) is 0 Å². The van der Waals surface area contributed by atoms with Crippen molar-refractivity contribution in [1.82, 2.24) is 15.1 Å². The zero-order valence-electron chi connectivity index (χ0n) is 15.7. The highest BCUT2D eigenvalue weighted by Gasteiger charge is 2.40. The molecule has 2 aliphatic heterocycles. The highest BCUT2D eigenvalue weighted by Crippen LogP contribution is 2.33. The summed E-state index contributed by atoms with van der Waals surface area (Å²) >= 11 is 2.03. The molecule has 2 saturated heterocycles. The van der Waals surface area contributed by atoms with Crippen LogP contribution in [0.3, 0.4) is 0 Å². The van der Waals surface area contributed by atoms with Crippen molar-refractivity contribution in [1.29, 1.82) is 0 Å². The monoisotopic (exact) mass is 380 g/mol. The molecule has 5 nitrogen and oxygen atoms in total. The summed E-state index contributed by atoms with van der Waals surface area (Å²) in [5, 5.41) is 3.59. The van der Waals surface area contributed by atoms with Gasteiger partial charge in [-0.3, -0.25) is 9.89 Å². The second kappa shape index (κ2) is 9.06. The van der Waals surface area contributed by atoms with Gasteiger partial charge in [-0.25, -0.2) is 4.39 Å². The van der Waals surface area contributed by atoms with E-state index in [4.69, 9.17) is 4.74 Å². The Balaban J connectivity index is 1.60. The average molecular weight is 381 g/mol. The fourth-order valence-corrected chi connectivity index (χ4v) is 5.18. The third kappa shape index (κ3) is 4.69. The summed E-state index contributed by atoms with van der Waals surface area (Å²) in [5.74, 6) is 3.03. The zero-order valence-corrected chi connectivity index (χ0v) is 16.5. The maximum absolute atomic E-state index is 13.1. The van der Waals surface area contributed by atoms with Crippen LogP contribution in [-0.4, -0.2) is 79.7 Å². The van der Waals surface area contributed by atoms with Gasteiger partial charge in [0.15, 0.2) is 5.96 Å². The number of guanidine groups is 1. The molecule has 1 unspecified atom stereocenters. The van der Waals surface area contributed by atoms with E-state index in [1.165, 1.54) is 24.3 Å². The van der Waals surface area contributed by atoms with Crippen LogP contribution in [0.2, 0.25) is 0 Å². The molecule has 1 aromatic rings. The van der Waals surface area contributed by atoms with Gasteiger partial charge in [-0.15, -0.1) is 0 Å². The number of benzene rings is 1. The molecule has 0 amide bonds. The minimum Gasteiger partial charge on any atom is -0.379 e. The second-order valence-corrected chi connectivity index (χ2v) is 8.11. The number of hydrogen-bond donors (Lipinski definition) is 1. The lowest BCUT2D eigenvalue weighted by Crippen LogP contribution is -2.60. The number of hydrogen-bond acceptors (Lipinski definition) is 4. The van der Waals surface area contributed by atoms with E-state index in [0.29, 0.717) is 6.54 Å².